The third-order valence-electron chi connectivity index (χ3n) is 4.83. The van der Waals surface area contributed by atoms with Gasteiger partial charge in [-0.15, -0.1) is 0 Å². The SMILES string of the molecule is COc1ccccc1[C@@H]1CN(C(=O)CCn2ccc(C)n2)CCN1C. The first kappa shape index (κ1) is 17.5. The van der Waals surface area contributed by atoms with Crippen LogP contribution in [-0.2, 0) is 11.3 Å². The van der Waals surface area contributed by atoms with Gasteiger partial charge in [0.2, 0.25) is 5.91 Å². The van der Waals surface area contributed by atoms with E-state index in [1.165, 1.54) is 0 Å². The Morgan fingerprint density at radius 2 is 2.08 bits per heavy atom. The standard InChI is InChI=1S/C19H26N4O2/c1-15-8-10-23(20-15)11-9-19(24)22-13-12-21(2)17(14-22)16-6-4-5-7-18(16)25-3/h4-8,10,17H,9,11-14H2,1-3H3/t17-/m0/s1. The van der Waals surface area contributed by atoms with Crippen LogP contribution in [0.25, 0.3) is 0 Å². The third kappa shape index (κ3) is 4.02. The van der Waals surface area contributed by atoms with Gasteiger partial charge in [0, 0.05) is 44.4 Å². The van der Waals surface area contributed by atoms with Crippen molar-refractivity contribution >= 4 is 5.91 Å². The van der Waals surface area contributed by atoms with E-state index >= 15 is 0 Å². The monoisotopic (exact) mass is 342 g/mol. The molecule has 6 heteroatoms. The summed E-state index contributed by atoms with van der Waals surface area (Å²) in [6, 6.07) is 10.2. The van der Waals surface area contributed by atoms with Gasteiger partial charge in [-0.1, -0.05) is 18.2 Å². The third-order valence-corrected chi connectivity index (χ3v) is 4.83. The highest BCUT2D eigenvalue weighted by atomic mass is 16.5. The molecule has 1 aliphatic rings. The Hall–Kier alpha value is -2.34. The van der Waals surface area contributed by atoms with Crippen LogP contribution in [0.15, 0.2) is 36.5 Å². The lowest BCUT2D eigenvalue weighted by molar-refractivity contribution is -0.134. The first-order valence-electron chi connectivity index (χ1n) is 8.69. The number of aryl methyl sites for hydroxylation is 2. The quantitative estimate of drug-likeness (QED) is 0.835. The number of amides is 1. The summed E-state index contributed by atoms with van der Waals surface area (Å²) in [5, 5.41) is 4.35. The van der Waals surface area contributed by atoms with Crippen LogP contribution in [0, 0.1) is 6.92 Å². The molecule has 25 heavy (non-hydrogen) atoms. The largest absolute Gasteiger partial charge is 0.496 e. The van der Waals surface area contributed by atoms with E-state index in [2.05, 4.69) is 23.1 Å². The van der Waals surface area contributed by atoms with Crippen LogP contribution < -0.4 is 4.74 Å². The molecule has 0 saturated carbocycles. The Labute approximate surface area is 149 Å². The van der Waals surface area contributed by atoms with Gasteiger partial charge in [0.1, 0.15) is 5.75 Å². The van der Waals surface area contributed by atoms with Gasteiger partial charge in [-0.25, -0.2) is 0 Å². The summed E-state index contributed by atoms with van der Waals surface area (Å²) in [6.45, 7) is 4.89. The molecular formula is C19H26N4O2. The highest BCUT2D eigenvalue weighted by Crippen LogP contribution is 2.31. The smallest absolute Gasteiger partial charge is 0.224 e. The van der Waals surface area contributed by atoms with Gasteiger partial charge in [-0.2, -0.15) is 5.10 Å². The molecule has 0 bridgehead atoms. The van der Waals surface area contributed by atoms with E-state index in [1.807, 2.05) is 47.0 Å². The Bertz CT molecular complexity index is 728. The van der Waals surface area contributed by atoms with Crippen LogP contribution in [-0.4, -0.2) is 59.3 Å². The fourth-order valence-electron chi connectivity index (χ4n) is 3.33. The number of piperazine rings is 1. The molecular weight excluding hydrogens is 316 g/mol. The Kier molecular flexibility index (Phi) is 5.38. The molecule has 1 aliphatic heterocycles. The molecule has 0 radical (unpaired) electrons. The number of methoxy groups -OCH3 is 1. The van der Waals surface area contributed by atoms with Crippen molar-refractivity contribution in [3.8, 4) is 5.75 Å². The first-order chi connectivity index (χ1) is 12.1. The average molecular weight is 342 g/mol. The summed E-state index contributed by atoms with van der Waals surface area (Å²) in [4.78, 5) is 16.9. The van der Waals surface area contributed by atoms with E-state index in [4.69, 9.17) is 4.74 Å². The van der Waals surface area contributed by atoms with Gasteiger partial charge < -0.3 is 9.64 Å². The molecule has 1 saturated heterocycles. The summed E-state index contributed by atoms with van der Waals surface area (Å²) in [7, 11) is 3.79. The van der Waals surface area contributed by atoms with Crippen LogP contribution >= 0.6 is 0 Å². The molecule has 2 heterocycles. The fraction of sp³-hybridized carbons (Fsp3) is 0.474. The average Bonchev–Trinajstić information content (AvgIpc) is 3.05. The molecule has 0 N–H and O–H groups in total. The number of carbonyl (C=O) groups excluding carboxylic acids is 1. The zero-order valence-corrected chi connectivity index (χ0v) is 15.2. The van der Waals surface area contributed by atoms with E-state index in [-0.39, 0.29) is 11.9 Å². The maximum absolute atomic E-state index is 12.7. The van der Waals surface area contributed by atoms with Crippen molar-refractivity contribution in [2.75, 3.05) is 33.8 Å². The van der Waals surface area contributed by atoms with E-state index in [0.717, 1.165) is 30.1 Å². The Morgan fingerprint density at radius 1 is 1.28 bits per heavy atom. The van der Waals surface area contributed by atoms with Gasteiger partial charge in [0.05, 0.1) is 18.8 Å². The van der Waals surface area contributed by atoms with Crippen LogP contribution in [0.3, 0.4) is 0 Å². The van der Waals surface area contributed by atoms with Gasteiger partial charge in [-0.3, -0.25) is 14.4 Å². The lowest BCUT2D eigenvalue weighted by Gasteiger charge is -2.40. The second-order valence-electron chi connectivity index (χ2n) is 6.55. The molecule has 1 aromatic carbocycles. The molecule has 134 valence electrons. The molecule has 0 spiro atoms. The predicted octanol–water partition coefficient (Wildman–Crippen LogP) is 2.11. The van der Waals surface area contributed by atoms with Crippen molar-refractivity contribution in [2.45, 2.75) is 25.9 Å². The number of carbonyl (C=O) groups is 1. The topological polar surface area (TPSA) is 50.6 Å². The van der Waals surface area contributed by atoms with Crippen LogP contribution in [0.4, 0.5) is 0 Å². The molecule has 0 aliphatic carbocycles. The van der Waals surface area contributed by atoms with E-state index < -0.39 is 0 Å². The minimum Gasteiger partial charge on any atom is -0.496 e. The van der Waals surface area contributed by atoms with E-state index in [1.54, 1.807) is 7.11 Å². The number of hydrogen-bond donors (Lipinski definition) is 0. The van der Waals surface area contributed by atoms with Crippen molar-refractivity contribution in [1.82, 2.24) is 19.6 Å². The van der Waals surface area contributed by atoms with Crippen molar-refractivity contribution < 1.29 is 9.53 Å². The number of rotatable bonds is 5. The van der Waals surface area contributed by atoms with Crippen molar-refractivity contribution in [2.24, 2.45) is 0 Å². The number of hydrogen-bond acceptors (Lipinski definition) is 4. The van der Waals surface area contributed by atoms with Crippen LogP contribution in [0.2, 0.25) is 0 Å². The highest BCUT2D eigenvalue weighted by molar-refractivity contribution is 5.76. The summed E-state index contributed by atoms with van der Waals surface area (Å²) in [5.74, 6) is 1.06. The number of benzene rings is 1. The predicted molar refractivity (Wildman–Crippen MR) is 96.5 cm³/mol. The minimum atomic E-state index is 0.154. The maximum atomic E-state index is 12.7. The molecule has 0 unspecified atom stereocenters. The fourth-order valence-corrected chi connectivity index (χ4v) is 3.33. The summed E-state index contributed by atoms with van der Waals surface area (Å²) in [6.07, 6.45) is 2.40. The summed E-state index contributed by atoms with van der Waals surface area (Å²) in [5.41, 5.74) is 2.11. The Balaban J connectivity index is 1.66. The molecule has 3 rings (SSSR count). The zero-order valence-electron chi connectivity index (χ0n) is 15.2. The van der Waals surface area contributed by atoms with Crippen molar-refractivity contribution in [3.05, 3.63) is 47.8 Å². The summed E-state index contributed by atoms with van der Waals surface area (Å²) >= 11 is 0. The Morgan fingerprint density at radius 3 is 2.80 bits per heavy atom. The zero-order chi connectivity index (χ0) is 17.8. The molecule has 2 aromatic rings. The lowest BCUT2D eigenvalue weighted by Crippen LogP contribution is -2.49. The molecule has 1 atom stereocenters. The number of para-hydroxylation sites is 1. The molecule has 1 aromatic heterocycles. The second kappa shape index (κ2) is 7.70. The van der Waals surface area contributed by atoms with Gasteiger partial charge in [0.25, 0.3) is 0 Å². The van der Waals surface area contributed by atoms with E-state index in [9.17, 15) is 4.79 Å². The number of likely N-dealkylation sites (N-methyl/N-ethyl adjacent to an activating group) is 1. The van der Waals surface area contributed by atoms with Crippen LogP contribution in [0.1, 0.15) is 23.7 Å². The van der Waals surface area contributed by atoms with E-state index in [0.29, 0.717) is 19.5 Å². The highest BCUT2D eigenvalue weighted by Gasteiger charge is 2.29. The number of nitrogens with zero attached hydrogens (tertiary/aromatic N) is 4. The lowest BCUT2D eigenvalue weighted by atomic mass is 10.0. The summed E-state index contributed by atoms with van der Waals surface area (Å²) < 4.78 is 7.34. The molecule has 1 fully saturated rings. The normalized spacial score (nSPS) is 18.4. The maximum Gasteiger partial charge on any atom is 0.224 e. The second-order valence-corrected chi connectivity index (χ2v) is 6.55. The molecule has 1 amide bonds. The van der Waals surface area contributed by atoms with Gasteiger partial charge >= 0.3 is 0 Å². The minimum absolute atomic E-state index is 0.154. The van der Waals surface area contributed by atoms with Crippen molar-refractivity contribution in [3.63, 3.8) is 0 Å². The number of ether oxygens (including phenoxy) is 1. The number of aromatic nitrogens is 2. The van der Waals surface area contributed by atoms with Gasteiger partial charge in [0.15, 0.2) is 0 Å². The van der Waals surface area contributed by atoms with Gasteiger partial charge in [-0.05, 0) is 26.1 Å². The van der Waals surface area contributed by atoms with Crippen molar-refractivity contribution in [1.29, 1.82) is 0 Å². The first-order valence-corrected chi connectivity index (χ1v) is 8.69. The van der Waals surface area contributed by atoms with Crippen LogP contribution in [0.5, 0.6) is 5.75 Å². The molecule has 6 nitrogen and oxygen atoms in total.